The summed E-state index contributed by atoms with van der Waals surface area (Å²) in [7, 11) is 0. The van der Waals surface area contributed by atoms with E-state index in [4.69, 9.17) is 4.42 Å². The van der Waals surface area contributed by atoms with E-state index in [1.54, 1.807) is 18.4 Å². The molecule has 0 spiro atoms. The van der Waals surface area contributed by atoms with Crippen LogP contribution in [-0.2, 0) is 29.1 Å². The molecule has 3 N–H and O–H groups in total. The molecule has 0 saturated carbocycles. The summed E-state index contributed by atoms with van der Waals surface area (Å²) < 4.78 is 5.25. The van der Waals surface area contributed by atoms with Gasteiger partial charge in [0.1, 0.15) is 11.8 Å². The average Bonchev–Trinajstić information content (AvgIpc) is 3.22. The maximum atomic E-state index is 12.8. The van der Waals surface area contributed by atoms with Crippen LogP contribution in [0, 0.1) is 5.92 Å². The van der Waals surface area contributed by atoms with Gasteiger partial charge in [0.15, 0.2) is 0 Å². The van der Waals surface area contributed by atoms with Crippen LogP contribution in [0.3, 0.4) is 0 Å². The first-order chi connectivity index (χ1) is 13.1. The van der Waals surface area contributed by atoms with E-state index < -0.39 is 6.04 Å². The van der Waals surface area contributed by atoms with E-state index in [2.05, 4.69) is 28.1 Å². The molecule has 0 radical (unpaired) electrons. The van der Waals surface area contributed by atoms with Gasteiger partial charge in [-0.3, -0.25) is 9.59 Å². The van der Waals surface area contributed by atoms with Gasteiger partial charge in [0.25, 0.3) is 0 Å². The number of fused-ring (bicyclic) bond motifs is 1. The lowest BCUT2D eigenvalue weighted by Crippen LogP contribution is -2.56. The number of benzene rings is 1. The van der Waals surface area contributed by atoms with Crippen molar-refractivity contribution in [2.24, 2.45) is 5.92 Å². The van der Waals surface area contributed by atoms with Crippen LogP contribution >= 0.6 is 0 Å². The zero-order chi connectivity index (χ0) is 19.2. The summed E-state index contributed by atoms with van der Waals surface area (Å²) in [6.45, 7) is 4.95. The quantitative estimate of drug-likeness (QED) is 0.698. The molecule has 2 heterocycles. The predicted molar refractivity (Wildman–Crippen MR) is 103 cm³/mol. The molecule has 1 aromatic heterocycles. The highest BCUT2D eigenvalue weighted by Gasteiger charge is 2.30. The topological polar surface area (TPSA) is 83.4 Å². The molecule has 0 bridgehead atoms. The van der Waals surface area contributed by atoms with Crippen molar-refractivity contribution in [2.45, 2.75) is 51.9 Å². The van der Waals surface area contributed by atoms with Gasteiger partial charge in [-0.05, 0) is 35.6 Å². The molecule has 3 rings (SSSR count). The molecule has 1 aliphatic heterocycles. The molecule has 2 aromatic rings. The van der Waals surface area contributed by atoms with E-state index >= 15 is 0 Å². The van der Waals surface area contributed by atoms with E-state index in [1.807, 2.05) is 26.0 Å². The van der Waals surface area contributed by atoms with E-state index in [9.17, 15) is 9.59 Å². The summed E-state index contributed by atoms with van der Waals surface area (Å²) in [4.78, 5) is 25.5. The molecule has 144 valence electrons. The fourth-order valence-corrected chi connectivity index (χ4v) is 3.29. The van der Waals surface area contributed by atoms with Crippen molar-refractivity contribution in [1.82, 2.24) is 16.0 Å². The summed E-state index contributed by atoms with van der Waals surface area (Å²) in [5.41, 5.74) is 2.40. The highest BCUT2D eigenvalue weighted by Crippen LogP contribution is 2.17. The molecular formula is C21H27N3O3. The lowest BCUT2D eigenvalue weighted by Gasteiger charge is -2.29. The second kappa shape index (κ2) is 8.86. The number of hydrogen-bond donors (Lipinski definition) is 3. The Bertz CT molecular complexity index is 773. The van der Waals surface area contributed by atoms with Crippen molar-refractivity contribution in [2.75, 3.05) is 0 Å². The molecule has 0 unspecified atom stereocenters. The largest absolute Gasteiger partial charge is 0.467 e. The van der Waals surface area contributed by atoms with Gasteiger partial charge in [-0.15, -0.1) is 0 Å². The molecule has 2 amide bonds. The number of furan rings is 1. The summed E-state index contributed by atoms with van der Waals surface area (Å²) in [5.74, 6) is 0.387. The molecule has 1 aromatic carbocycles. The Morgan fingerprint density at radius 1 is 1.22 bits per heavy atom. The number of nitrogens with one attached hydrogen (secondary N) is 3. The fourth-order valence-electron chi connectivity index (χ4n) is 3.29. The minimum absolute atomic E-state index is 0.0291. The maximum Gasteiger partial charge on any atom is 0.243 e. The standard InChI is InChI=1S/C21H27N3O3/c1-3-14(2)19(21(26)23-13-17-9-6-10-27-17)24-20(25)18-11-15-7-4-5-8-16(15)12-22-18/h4-10,14,18-19,22H,3,11-13H2,1-2H3,(H,23,26)(H,24,25)/t14-,18+,19+/m0/s1. The normalized spacial score (nSPS) is 18.2. The monoisotopic (exact) mass is 369 g/mol. The molecule has 3 atom stereocenters. The third-order valence-corrected chi connectivity index (χ3v) is 5.21. The zero-order valence-corrected chi connectivity index (χ0v) is 15.8. The van der Waals surface area contributed by atoms with Crippen LogP contribution < -0.4 is 16.0 Å². The SMILES string of the molecule is CC[C@H](C)[C@@H](NC(=O)[C@H]1Cc2ccccc2CN1)C(=O)NCc1ccco1. The summed E-state index contributed by atoms with van der Waals surface area (Å²) in [5, 5.41) is 9.08. The average molecular weight is 369 g/mol. The van der Waals surface area contributed by atoms with Gasteiger partial charge in [0.2, 0.25) is 11.8 Å². The first-order valence-electron chi connectivity index (χ1n) is 9.49. The molecule has 6 nitrogen and oxygen atoms in total. The molecule has 0 saturated heterocycles. The van der Waals surface area contributed by atoms with Crippen LogP contribution in [0.4, 0.5) is 0 Å². The second-order valence-corrected chi connectivity index (χ2v) is 7.08. The lowest BCUT2D eigenvalue weighted by atomic mass is 9.94. The van der Waals surface area contributed by atoms with Crippen LogP contribution in [0.2, 0.25) is 0 Å². The van der Waals surface area contributed by atoms with Crippen molar-refractivity contribution in [1.29, 1.82) is 0 Å². The van der Waals surface area contributed by atoms with Crippen molar-refractivity contribution < 1.29 is 14.0 Å². The third-order valence-electron chi connectivity index (χ3n) is 5.21. The first kappa shape index (κ1) is 19.2. The van der Waals surface area contributed by atoms with Crippen LogP contribution in [-0.4, -0.2) is 23.9 Å². The molecule has 0 fully saturated rings. The van der Waals surface area contributed by atoms with Crippen LogP contribution in [0.15, 0.2) is 47.1 Å². The van der Waals surface area contributed by atoms with E-state index in [0.29, 0.717) is 25.3 Å². The molecule has 1 aliphatic rings. The highest BCUT2D eigenvalue weighted by molar-refractivity contribution is 5.90. The predicted octanol–water partition coefficient (Wildman–Crippen LogP) is 2.14. The zero-order valence-electron chi connectivity index (χ0n) is 15.8. The van der Waals surface area contributed by atoms with Crippen molar-refractivity contribution in [3.05, 3.63) is 59.5 Å². The summed E-state index contributed by atoms with van der Waals surface area (Å²) in [6.07, 6.45) is 2.99. The van der Waals surface area contributed by atoms with Gasteiger partial charge in [-0.2, -0.15) is 0 Å². The number of rotatable bonds is 7. The van der Waals surface area contributed by atoms with Crippen LogP contribution in [0.25, 0.3) is 0 Å². The van der Waals surface area contributed by atoms with Gasteiger partial charge >= 0.3 is 0 Å². The third kappa shape index (κ3) is 4.77. The molecular weight excluding hydrogens is 342 g/mol. The number of hydrogen-bond acceptors (Lipinski definition) is 4. The van der Waals surface area contributed by atoms with E-state index in [1.165, 1.54) is 11.1 Å². The van der Waals surface area contributed by atoms with Crippen molar-refractivity contribution in [3.8, 4) is 0 Å². The van der Waals surface area contributed by atoms with Gasteiger partial charge in [-0.1, -0.05) is 44.5 Å². The van der Waals surface area contributed by atoms with Gasteiger partial charge in [0, 0.05) is 6.54 Å². The van der Waals surface area contributed by atoms with Gasteiger partial charge < -0.3 is 20.4 Å². The Balaban J connectivity index is 1.62. The van der Waals surface area contributed by atoms with E-state index in [0.717, 1.165) is 6.42 Å². The Morgan fingerprint density at radius 3 is 2.70 bits per heavy atom. The molecule has 27 heavy (non-hydrogen) atoms. The minimum Gasteiger partial charge on any atom is -0.467 e. The second-order valence-electron chi connectivity index (χ2n) is 7.08. The van der Waals surface area contributed by atoms with Crippen LogP contribution in [0.5, 0.6) is 0 Å². The van der Waals surface area contributed by atoms with Crippen molar-refractivity contribution in [3.63, 3.8) is 0 Å². The summed E-state index contributed by atoms with van der Waals surface area (Å²) in [6, 6.07) is 10.8. The number of carbonyl (C=O) groups is 2. The minimum atomic E-state index is -0.573. The fraction of sp³-hybridized carbons (Fsp3) is 0.429. The lowest BCUT2D eigenvalue weighted by molar-refractivity contribution is -0.131. The Morgan fingerprint density at radius 2 is 2.00 bits per heavy atom. The van der Waals surface area contributed by atoms with Crippen molar-refractivity contribution >= 4 is 11.8 Å². The van der Waals surface area contributed by atoms with Crippen LogP contribution in [0.1, 0.15) is 37.2 Å². The Hall–Kier alpha value is -2.60. The summed E-state index contributed by atoms with van der Waals surface area (Å²) >= 11 is 0. The highest BCUT2D eigenvalue weighted by atomic mass is 16.3. The molecule has 0 aliphatic carbocycles. The number of amides is 2. The molecule has 6 heteroatoms. The smallest absolute Gasteiger partial charge is 0.243 e. The van der Waals surface area contributed by atoms with Gasteiger partial charge in [0.05, 0.1) is 18.8 Å². The Kier molecular flexibility index (Phi) is 6.29. The van der Waals surface area contributed by atoms with E-state index in [-0.39, 0.29) is 23.8 Å². The number of carbonyl (C=O) groups excluding carboxylic acids is 2. The van der Waals surface area contributed by atoms with Gasteiger partial charge in [-0.25, -0.2) is 0 Å². The first-order valence-corrected chi connectivity index (χ1v) is 9.49. The maximum absolute atomic E-state index is 12.8. The Labute approximate surface area is 159 Å².